The molecule has 0 amide bonds. The monoisotopic (exact) mass is 177 g/mol. The van der Waals surface area contributed by atoms with Crippen LogP contribution < -0.4 is 0 Å². The fourth-order valence-electron chi connectivity index (χ4n) is 1.56. The SMILES string of the molecule is O=C(O)[C@H]1C[C@H]1Cc1ccccn1. The predicted octanol–water partition coefficient (Wildman–Crippen LogP) is 1.34. The number of nitrogens with zero attached hydrogens (tertiary/aromatic N) is 1. The fourth-order valence-corrected chi connectivity index (χ4v) is 1.56. The van der Waals surface area contributed by atoms with Gasteiger partial charge in [-0.05, 0) is 30.9 Å². The van der Waals surface area contributed by atoms with Gasteiger partial charge in [-0.25, -0.2) is 0 Å². The summed E-state index contributed by atoms with van der Waals surface area (Å²) in [7, 11) is 0. The van der Waals surface area contributed by atoms with Crippen LogP contribution in [0.2, 0.25) is 0 Å². The van der Waals surface area contributed by atoms with Crippen LogP contribution in [0.15, 0.2) is 24.4 Å². The predicted molar refractivity (Wildman–Crippen MR) is 47.2 cm³/mol. The minimum atomic E-state index is -0.666. The minimum absolute atomic E-state index is 0.123. The zero-order valence-electron chi connectivity index (χ0n) is 7.18. The maximum atomic E-state index is 10.5. The van der Waals surface area contributed by atoms with E-state index >= 15 is 0 Å². The number of hydrogen-bond acceptors (Lipinski definition) is 2. The molecule has 0 bridgehead atoms. The average Bonchev–Trinajstić information content (AvgIpc) is 2.86. The molecular formula is C10H11NO2. The molecule has 1 aromatic rings. The lowest BCUT2D eigenvalue weighted by Gasteiger charge is -1.96. The third-order valence-electron chi connectivity index (χ3n) is 2.44. The Hall–Kier alpha value is -1.38. The van der Waals surface area contributed by atoms with Crippen molar-refractivity contribution in [2.24, 2.45) is 11.8 Å². The van der Waals surface area contributed by atoms with Crippen LogP contribution in [-0.2, 0) is 11.2 Å². The Bertz CT molecular complexity index is 310. The standard InChI is InChI=1S/C10H11NO2/c12-10(13)9-6-7(9)5-8-3-1-2-4-11-8/h1-4,7,9H,5-6H2,(H,12,13)/t7-,9+/m1/s1. The van der Waals surface area contributed by atoms with E-state index < -0.39 is 5.97 Å². The highest BCUT2D eigenvalue weighted by Gasteiger charge is 2.42. The van der Waals surface area contributed by atoms with E-state index in [1.165, 1.54) is 0 Å². The van der Waals surface area contributed by atoms with E-state index in [1.807, 2.05) is 18.2 Å². The summed E-state index contributed by atoms with van der Waals surface area (Å²) < 4.78 is 0. The summed E-state index contributed by atoms with van der Waals surface area (Å²) >= 11 is 0. The van der Waals surface area contributed by atoms with Gasteiger partial charge in [-0.2, -0.15) is 0 Å². The molecule has 1 fully saturated rings. The fraction of sp³-hybridized carbons (Fsp3) is 0.400. The summed E-state index contributed by atoms with van der Waals surface area (Å²) in [6.45, 7) is 0. The molecule has 3 heteroatoms. The van der Waals surface area contributed by atoms with E-state index in [0.717, 1.165) is 18.5 Å². The lowest BCUT2D eigenvalue weighted by molar-refractivity contribution is -0.138. The summed E-state index contributed by atoms with van der Waals surface area (Å²) in [5, 5.41) is 8.68. The number of carbonyl (C=O) groups is 1. The maximum absolute atomic E-state index is 10.5. The van der Waals surface area contributed by atoms with Gasteiger partial charge in [0.05, 0.1) is 5.92 Å². The molecule has 1 aromatic heterocycles. The second kappa shape index (κ2) is 3.17. The first kappa shape index (κ1) is 8.23. The number of aromatic nitrogens is 1. The Morgan fingerprint density at radius 1 is 1.62 bits per heavy atom. The number of hydrogen-bond donors (Lipinski definition) is 1. The van der Waals surface area contributed by atoms with Crippen LogP contribution in [-0.4, -0.2) is 16.1 Å². The van der Waals surface area contributed by atoms with E-state index in [-0.39, 0.29) is 5.92 Å². The van der Waals surface area contributed by atoms with Crippen molar-refractivity contribution < 1.29 is 9.90 Å². The molecule has 1 N–H and O–H groups in total. The van der Waals surface area contributed by atoms with E-state index in [0.29, 0.717) is 5.92 Å². The van der Waals surface area contributed by atoms with Gasteiger partial charge in [0, 0.05) is 11.9 Å². The highest BCUT2D eigenvalue weighted by molar-refractivity contribution is 5.73. The molecule has 3 nitrogen and oxygen atoms in total. The van der Waals surface area contributed by atoms with Crippen LogP contribution in [0.3, 0.4) is 0 Å². The summed E-state index contributed by atoms with van der Waals surface area (Å²) in [6, 6.07) is 5.74. The van der Waals surface area contributed by atoms with E-state index in [1.54, 1.807) is 6.20 Å². The Morgan fingerprint density at radius 2 is 2.46 bits per heavy atom. The van der Waals surface area contributed by atoms with Crippen LogP contribution in [0.1, 0.15) is 12.1 Å². The molecule has 1 saturated carbocycles. The number of carboxylic acids is 1. The average molecular weight is 177 g/mol. The zero-order valence-corrected chi connectivity index (χ0v) is 7.18. The van der Waals surface area contributed by atoms with Crippen molar-refractivity contribution in [3.63, 3.8) is 0 Å². The van der Waals surface area contributed by atoms with Crippen LogP contribution in [0.4, 0.5) is 0 Å². The molecule has 0 saturated heterocycles. The maximum Gasteiger partial charge on any atom is 0.306 e. The lowest BCUT2D eigenvalue weighted by Crippen LogP contribution is -2.01. The van der Waals surface area contributed by atoms with Crippen molar-refractivity contribution in [2.75, 3.05) is 0 Å². The number of carboxylic acid groups (broad SMARTS) is 1. The minimum Gasteiger partial charge on any atom is -0.481 e. The van der Waals surface area contributed by atoms with Gasteiger partial charge in [-0.1, -0.05) is 6.07 Å². The Labute approximate surface area is 76.4 Å². The molecule has 1 aliphatic rings. The lowest BCUT2D eigenvalue weighted by atomic mass is 10.2. The van der Waals surface area contributed by atoms with Gasteiger partial charge >= 0.3 is 5.97 Å². The second-order valence-electron chi connectivity index (χ2n) is 3.47. The van der Waals surface area contributed by atoms with Gasteiger partial charge in [0.1, 0.15) is 0 Å². The van der Waals surface area contributed by atoms with Crippen molar-refractivity contribution in [1.29, 1.82) is 0 Å². The largest absolute Gasteiger partial charge is 0.481 e. The summed E-state index contributed by atoms with van der Waals surface area (Å²) in [6.07, 6.45) is 3.36. The molecule has 0 spiro atoms. The molecule has 68 valence electrons. The molecule has 0 aromatic carbocycles. The molecule has 0 unspecified atom stereocenters. The summed E-state index contributed by atoms with van der Waals surface area (Å²) in [5.74, 6) is -0.477. The molecule has 1 aliphatic carbocycles. The molecule has 0 aliphatic heterocycles. The quantitative estimate of drug-likeness (QED) is 0.758. The molecule has 2 atom stereocenters. The molecule has 13 heavy (non-hydrogen) atoms. The van der Waals surface area contributed by atoms with Crippen LogP contribution in [0, 0.1) is 11.8 Å². The van der Waals surface area contributed by atoms with E-state index in [2.05, 4.69) is 4.98 Å². The van der Waals surface area contributed by atoms with Crippen molar-refractivity contribution >= 4 is 5.97 Å². The first-order valence-corrected chi connectivity index (χ1v) is 4.40. The third kappa shape index (κ3) is 1.86. The van der Waals surface area contributed by atoms with Crippen LogP contribution >= 0.6 is 0 Å². The topological polar surface area (TPSA) is 50.2 Å². The number of rotatable bonds is 3. The molecule has 0 radical (unpaired) electrons. The third-order valence-corrected chi connectivity index (χ3v) is 2.44. The van der Waals surface area contributed by atoms with Gasteiger partial charge in [-0.15, -0.1) is 0 Å². The van der Waals surface area contributed by atoms with Crippen LogP contribution in [0.5, 0.6) is 0 Å². The van der Waals surface area contributed by atoms with Gasteiger partial charge in [0.15, 0.2) is 0 Å². The Balaban J connectivity index is 1.92. The van der Waals surface area contributed by atoms with Gasteiger partial charge < -0.3 is 5.11 Å². The van der Waals surface area contributed by atoms with Crippen molar-refractivity contribution in [1.82, 2.24) is 4.98 Å². The molecular weight excluding hydrogens is 166 g/mol. The normalized spacial score (nSPS) is 25.5. The highest BCUT2D eigenvalue weighted by Crippen LogP contribution is 2.40. The van der Waals surface area contributed by atoms with Gasteiger partial charge in [0.25, 0.3) is 0 Å². The van der Waals surface area contributed by atoms with Gasteiger partial charge in [-0.3, -0.25) is 9.78 Å². The number of pyridine rings is 1. The summed E-state index contributed by atoms with van der Waals surface area (Å²) in [5.41, 5.74) is 0.997. The van der Waals surface area contributed by atoms with Crippen molar-refractivity contribution in [2.45, 2.75) is 12.8 Å². The molecule has 1 heterocycles. The van der Waals surface area contributed by atoms with E-state index in [9.17, 15) is 4.79 Å². The smallest absolute Gasteiger partial charge is 0.306 e. The zero-order chi connectivity index (χ0) is 9.26. The first-order chi connectivity index (χ1) is 6.27. The van der Waals surface area contributed by atoms with Crippen LogP contribution in [0.25, 0.3) is 0 Å². The Morgan fingerprint density at radius 3 is 3.00 bits per heavy atom. The highest BCUT2D eigenvalue weighted by atomic mass is 16.4. The summed E-state index contributed by atoms with van der Waals surface area (Å²) in [4.78, 5) is 14.7. The molecule has 2 rings (SSSR count). The Kier molecular flexibility index (Phi) is 2.00. The number of aliphatic carboxylic acids is 1. The van der Waals surface area contributed by atoms with Crippen molar-refractivity contribution in [3.05, 3.63) is 30.1 Å². The van der Waals surface area contributed by atoms with Crippen molar-refractivity contribution in [3.8, 4) is 0 Å². The second-order valence-corrected chi connectivity index (χ2v) is 3.47. The van der Waals surface area contributed by atoms with E-state index in [4.69, 9.17) is 5.11 Å². The van der Waals surface area contributed by atoms with Gasteiger partial charge in [0.2, 0.25) is 0 Å². The first-order valence-electron chi connectivity index (χ1n) is 4.40.